The summed E-state index contributed by atoms with van der Waals surface area (Å²) < 4.78 is 0. The van der Waals surface area contributed by atoms with Gasteiger partial charge in [-0.1, -0.05) is 37.2 Å². The van der Waals surface area contributed by atoms with Crippen molar-refractivity contribution in [1.82, 2.24) is 5.32 Å². The highest BCUT2D eigenvalue weighted by atomic mass is 35.5. The van der Waals surface area contributed by atoms with Gasteiger partial charge in [-0.3, -0.25) is 4.79 Å². The van der Waals surface area contributed by atoms with Gasteiger partial charge in [-0.2, -0.15) is 0 Å². The first-order valence-corrected chi connectivity index (χ1v) is 5.82. The highest BCUT2D eigenvalue weighted by Crippen LogP contribution is 2.19. The van der Waals surface area contributed by atoms with E-state index in [1.807, 2.05) is 31.2 Å². The summed E-state index contributed by atoms with van der Waals surface area (Å²) in [5.74, 6) is 0.121. The van der Waals surface area contributed by atoms with Crippen LogP contribution in [-0.4, -0.2) is 12.5 Å². The molecule has 0 aliphatic heterocycles. The molecule has 0 aromatic heterocycles. The standard InChI is InChI=1S/C13H17ClN2O/c1-9(7-13(17)16-8-10(2)14)11-3-5-12(15)6-4-11/h3-6,9H,2,7-8,15H2,1H3,(H,16,17). The van der Waals surface area contributed by atoms with E-state index in [0.29, 0.717) is 18.0 Å². The Morgan fingerprint density at radius 1 is 1.47 bits per heavy atom. The maximum Gasteiger partial charge on any atom is 0.220 e. The minimum absolute atomic E-state index is 0.0314. The van der Waals surface area contributed by atoms with Crippen LogP contribution in [0, 0.1) is 0 Å². The van der Waals surface area contributed by atoms with Gasteiger partial charge in [0.1, 0.15) is 0 Å². The molecule has 0 saturated carbocycles. The number of carbonyl (C=O) groups excluding carboxylic acids is 1. The topological polar surface area (TPSA) is 55.1 Å². The van der Waals surface area contributed by atoms with E-state index >= 15 is 0 Å². The number of carbonyl (C=O) groups is 1. The Hall–Kier alpha value is -1.48. The maximum atomic E-state index is 11.6. The van der Waals surface area contributed by atoms with E-state index in [2.05, 4.69) is 11.9 Å². The second-order valence-corrected chi connectivity index (χ2v) is 4.60. The Labute approximate surface area is 107 Å². The third-order valence-corrected chi connectivity index (χ3v) is 2.61. The van der Waals surface area contributed by atoms with Crippen LogP contribution < -0.4 is 11.1 Å². The fourth-order valence-corrected chi connectivity index (χ4v) is 1.55. The first-order chi connectivity index (χ1) is 7.99. The van der Waals surface area contributed by atoms with Gasteiger partial charge in [0.05, 0.1) is 6.54 Å². The minimum atomic E-state index is -0.0314. The van der Waals surface area contributed by atoms with E-state index in [4.69, 9.17) is 17.3 Å². The van der Waals surface area contributed by atoms with E-state index in [0.717, 1.165) is 11.3 Å². The molecular weight excluding hydrogens is 236 g/mol. The van der Waals surface area contributed by atoms with E-state index in [-0.39, 0.29) is 11.8 Å². The lowest BCUT2D eigenvalue weighted by atomic mass is 9.97. The molecule has 0 bridgehead atoms. The molecule has 1 unspecified atom stereocenters. The first kappa shape index (κ1) is 13.6. The van der Waals surface area contributed by atoms with Crippen LogP contribution in [0.3, 0.4) is 0 Å². The molecule has 1 amide bonds. The summed E-state index contributed by atoms with van der Waals surface area (Å²) in [7, 11) is 0. The van der Waals surface area contributed by atoms with Gasteiger partial charge < -0.3 is 11.1 Å². The first-order valence-electron chi connectivity index (χ1n) is 5.44. The zero-order valence-corrected chi connectivity index (χ0v) is 10.6. The maximum absolute atomic E-state index is 11.6. The quantitative estimate of drug-likeness (QED) is 0.792. The molecule has 3 nitrogen and oxygen atoms in total. The average Bonchev–Trinajstić information content (AvgIpc) is 2.27. The third-order valence-electron chi connectivity index (χ3n) is 2.47. The molecule has 1 aromatic carbocycles. The van der Waals surface area contributed by atoms with Crippen LogP contribution in [0.15, 0.2) is 35.9 Å². The summed E-state index contributed by atoms with van der Waals surface area (Å²) in [6.45, 7) is 5.83. The van der Waals surface area contributed by atoms with Crippen LogP contribution in [0.4, 0.5) is 5.69 Å². The number of nitrogens with two attached hydrogens (primary N) is 1. The van der Waals surface area contributed by atoms with Crippen molar-refractivity contribution >= 4 is 23.2 Å². The number of hydrogen-bond donors (Lipinski definition) is 2. The van der Waals surface area contributed by atoms with E-state index in [1.54, 1.807) is 0 Å². The van der Waals surface area contributed by atoms with Crippen molar-refractivity contribution in [2.75, 3.05) is 12.3 Å². The van der Waals surface area contributed by atoms with Crippen LogP contribution >= 0.6 is 11.6 Å². The number of nitrogens with one attached hydrogen (secondary N) is 1. The van der Waals surface area contributed by atoms with Crippen LogP contribution in [0.1, 0.15) is 24.8 Å². The number of nitrogen functional groups attached to an aromatic ring is 1. The molecule has 0 heterocycles. The van der Waals surface area contributed by atoms with Crippen LogP contribution in [0.2, 0.25) is 0 Å². The smallest absolute Gasteiger partial charge is 0.220 e. The fraction of sp³-hybridized carbons (Fsp3) is 0.308. The lowest BCUT2D eigenvalue weighted by Crippen LogP contribution is -2.25. The monoisotopic (exact) mass is 252 g/mol. The lowest BCUT2D eigenvalue weighted by Gasteiger charge is -2.12. The molecule has 0 aliphatic carbocycles. The molecule has 0 saturated heterocycles. The molecule has 92 valence electrons. The summed E-state index contributed by atoms with van der Waals surface area (Å²) in [5, 5.41) is 3.13. The Morgan fingerprint density at radius 2 is 2.06 bits per heavy atom. The summed E-state index contributed by atoms with van der Waals surface area (Å²) in [6, 6.07) is 7.55. The summed E-state index contributed by atoms with van der Waals surface area (Å²) in [4.78, 5) is 11.6. The fourth-order valence-electron chi connectivity index (χ4n) is 1.49. The minimum Gasteiger partial charge on any atom is -0.399 e. The molecule has 0 spiro atoms. The van der Waals surface area contributed by atoms with Gasteiger partial charge in [-0.15, -0.1) is 0 Å². The van der Waals surface area contributed by atoms with Crippen molar-refractivity contribution in [1.29, 1.82) is 0 Å². The van der Waals surface area contributed by atoms with E-state index < -0.39 is 0 Å². The second kappa shape index (κ2) is 6.30. The lowest BCUT2D eigenvalue weighted by molar-refractivity contribution is -0.121. The third kappa shape index (κ3) is 4.91. The molecule has 17 heavy (non-hydrogen) atoms. The van der Waals surface area contributed by atoms with Crippen molar-refractivity contribution in [3.63, 3.8) is 0 Å². The van der Waals surface area contributed by atoms with Crippen LogP contribution in [0.5, 0.6) is 0 Å². The summed E-state index contributed by atoms with van der Waals surface area (Å²) in [6.07, 6.45) is 0.425. The average molecular weight is 253 g/mol. The van der Waals surface area contributed by atoms with Gasteiger partial charge >= 0.3 is 0 Å². The molecule has 3 N–H and O–H groups in total. The predicted octanol–water partition coefficient (Wildman–Crippen LogP) is 2.63. The summed E-state index contributed by atoms with van der Waals surface area (Å²) >= 11 is 5.57. The van der Waals surface area contributed by atoms with Gasteiger partial charge in [0, 0.05) is 17.1 Å². The molecule has 4 heteroatoms. The number of benzene rings is 1. The highest BCUT2D eigenvalue weighted by Gasteiger charge is 2.10. The Kier molecular flexibility index (Phi) is 5.04. The Morgan fingerprint density at radius 3 is 2.59 bits per heavy atom. The molecule has 0 radical (unpaired) electrons. The van der Waals surface area contributed by atoms with Crippen molar-refractivity contribution in [2.45, 2.75) is 19.3 Å². The molecule has 1 rings (SSSR count). The van der Waals surface area contributed by atoms with Gasteiger partial charge in [0.2, 0.25) is 5.91 Å². The van der Waals surface area contributed by atoms with Crippen molar-refractivity contribution in [3.8, 4) is 0 Å². The number of anilines is 1. The number of hydrogen-bond acceptors (Lipinski definition) is 2. The zero-order valence-electron chi connectivity index (χ0n) is 9.87. The van der Waals surface area contributed by atoms with Gasteiger partial charge in [-0.25, -0.2) is 0 Å². The van der Waals surface area contributed by atoms with Crippen molar-refractivity contribution in [2.24, 2.45) is 0 Å². The Balaban J connectivity index is 2.48. The van der Waals surface area contributed by atoms with Gasteiger partial charge in [0.25, 0.3) is 0 Å². The molecule has 1 aromatic rings. The van der Waals surface area contributed by atoms with Crippen molar-refractivity contribution < 1.29 is 4.79 Å². The predicted molar refractivity (Wildman–Crippen MR) is 71.9 cm³/mol. The van der Waals surface area contributed by atoms with Gasteiger partial charge in [-0.05, 0) is 23.6 Å². The van der Waals surface area contributed by atoms with Crippen molar-refractivity contribution in [3.05, 3.63) is 41.4 Å². The summed E-state index contributed by atoms with van der Waals surface area (Å²) in [5.41, 5.74) is 7.43. The number of halogens is 1. The molecule has 1 atom stereocenters. The van der Waals surface area contributed by atoms with Gasteiger partial charge in [0.15, 0.2) is 0 Å². The molecule has 0 aliphatic rings. The Bertz CT molecular complexity index is 400. The molecular formula is C13H17ClN2O. The van der Waals surface area contributed by atoms with Crippen LogP contribution in [-0.2, 0) is 4.79 Å². The largest absolute Gasteiger partial charge is 0.399 e. The highest BCUT2D eigenvalue weighted by molar-refractivity contribution is 6.29. The SMILES string of the molecule is C=C(Cl)CNC(=O)CC(C)c1ccc(N)cc1. The zero-order chi connectivity index (χ0) is 12.8. The number of amides is 1. The van der Waals surface area contributed by atoms with E-state index in [9.17, 15) is 4.79 Å². The number of rotatable bonds is 5. The normalized spacial score (nSPS) is 11.9. The van der Waals surface area contributed by atoms with E-state index in [1.165, 1.54) is 0 Å². The molecule has 0 fully saturated rings. The second-order valence-electron chi connectivity index (χ2n) is 4.07. The van der Waals surface area contributed by atoms with Crippen LogP contribution in [0.25, 0.3) is 0 Å².